The third-order valence-electron chi connectivity index (χ3n) is 6.25. The average Bonchev–Trinajstić information content (AvgIpc) is 3.41. The van der Waals surface area contributed by atoms with E-state index in [9.17, 15) is 23.3 Å². The van der Waals surface area contributed by atoms with Crippen LogP contribution in [0.4, 0.5) is 30.5 Å². The van der Waals surface area contributed by atoms with Crippen LogP contribution in [0.1, 0.15) is 6.99 Å². The fraction of sp³-hybridized carbons (Fsp3) is 0.391. The zero-order valence-electron chi connectivity index (χ0n) is 21.7. The van der Waals surface area contributed by atoms with Crippen molar-refractivity contribution in [3.05, 3.63) is 64.5 Å². The molecule has 1 fully saturated rings. The largest absolute Gasteiger partial charge is 0.573 e. The van der Waals surface area contributed by atoms with E-state index in [1.807, 2.05) is 18.3 Å². The van der Waals surface area contributed by atoms with E-state index in [1.165, 1.54) is 18.3 Å². The number of imidazole rings is 1. The van der Waals surface area contributed by atoms with Crippen LogP contribution in [0.3, 0.4) is 0 Å². The van der Waals surface area contributed by atoms with E-state index in [0.29, 0.717) is 32.8 Å². The number of nitrogens with zero attached hydrogens (tertiary/aromatic N) is 6. The average molecular weight is 617 g/mol. The molecule has 2 atom stereocenters. The van der Waals surface area contributed by atoms with Gasteiger partial charge in [0.2, 0.25) is 0 Å². The van der Waals surface area contributed by atoms with Crippen molar-refractivity contribution in [3.8, 4) is 11.8 Å². The number of rotatable bonds is 8. The van der Waals surface area contributed by atoms with Crippen LogP contribution in [0.2, 0.25) is 0 Å². The molecule has 1 aromatic carbocycles. The molecule has 0 amide bonds. The number of anilines is 2. The first kappa shape index (κ1) is 30.9. The molecule has 2 aliphatic rings. The first-order valence-electron chi connectivity index (χ1n) is 12.3. The molecule has 0 saturated carbocycles. The highest BCUT2D eigenvalue weighted by atomic mass is 31.1. The Labute approximate surface area is 238 Å². The Kier molecular flexibility index (Phi) is 10.1. The number of ether oxygens (including phenoxy) is 2. The minimum Gasteiger partial charge on any atom is -0.565 e. The third kappa shape index (κ3) is 8.70. The molecule has 0 radical (unpaired) electrons. The summed E-state index contributed by atoms with van der Waals surface area (Å²) in [4.78, 5) is 32.0. The van der Waals surface area contributed by atoms with E-state index in [2.05, 4.69) is 34.5 Å². The van der Waals surface area contributed by atoms with Gasteiger partial charge in [0, 0.05) is 62.2 Å². The highest BCUT2D eigenvalue weighted by Gasteiger charge is 2.31. The number of halogens is 3. The minimum absolute atomic E-state index is 0. The van der Waals surface area contributed by atoms with Crippen molar-refractivity contribution in [2.45, 2.75) is 25.5 Å². The van der Waals surface area contributed by atoms with Gasteiger partial charge in [-0.25, -0.2) is 10.2 Å². The monoisotopic (exact) mass is 617 g/mol. The Hall–Kier alpha value is -4.09. The van der Waals surface area contributed by atoms with Gasteiger partial charge >= 0.3 is 26.4 Å². The number of fused-ring (bicyclic) bond motifs is 1. The molecule has 0 spiro atoms. The Morgan fingerprint density at radius 3 is 2.40 bits per heavy atom. The van der Waals surface area contributed by atoms with Gasteiger partial charge in [-0.1, -0.05) is 6.07 Å². The first-order valence-corrected chi connectivity index (χ1v) is 13.4. The van der Waals surface area contributed by atoms with Crippen LogP contribution in [0, 0.1) is 10.1 Å². The maximum absolute atomic E-state index is 12.4. The van der Waals surface area contributed by atoms with Gasteiger partial charge in [-0.2, -0.15) is 0 Å². The summed E-state index contributed by atoms with van der Waals surface area (Å²) in [6.45, 7) is 4.32. The molecule has 15 nitrogen and oxygen atoms in total. The van der Waals surface area contributed by atoms with Crippen molar-refractivity contribution < 1.29 is 48.4 Å². The predicted octanol–water partition coefficient (Wildman–Crippen LogP) is 2.70. The number of aromatic nitrogens is 3. The number of pyridine rings is 1. The Bertz CT molecular complexity index is 1360. The van der Waals surface area contributed by atoms with Gasteiger partial charge in [0.25, 0.3) is 0 Å². The lowest BCUT2D eigenvalue weighted by atomic mass is 10.2. The lowest BCUT2D eigenvalue weighted by Gasteiger charge is -2.36. The summed E-state index contributed by atoms with van der Waals surface area (Å²) in [6, 6.07) is 10.1. The molecule has 2 N–H and O–H groups in total. The molecule has 228 valence electrons. The van der Waals surface area contributed by atoms with Crippen molar-refractivity contribution >= 4 is 25.6 Å². The van der Waals surface area contributed by atoms with Crippen molar-refractivity contribution in [1.29, 1.82) is 0 Å². The van der Waals surface area contributed by atoms with Crippen LogP contribution < -0.4 is 29.5 Å². The highest BCUT2D eigenvalue weighted by Crippen LogP contribution is 2.26. The van der Waals surface area contributed by atoms with Gasteiger partial charge < -0.3 is 39.6 Å². The summed E-state index contributed by atoms with van der Waals surface area (Å²) >= 11 is 0. The van der Waals surface area contributed by atoms with Crippen molar-refractivity contribution in [1.82, 2.24) is 19.9 Å². The van der Waals surface area contributed by atoms with Gasteiger partial charge in [0.05, 0.1) is 6.04 Å². The van der Waals surface area contributed by atoms with Gasteiger partial charge in [0.15, 0.2) is 0 Å². The highest BCUT2D eigenvalue weighted by molar-refractivity contribution is 7.30. The van der Waals surface area contributed by atoms with Crippen LogP contribution in [0.25, 0.3) is 0 Å². The van der Waals surface area contributed by atoms with E-state index < -0.39 is 19.5 Å². The van der Waals surface area contributed by atoms with Gasteiger partial charge in [-0.05, 0) is 45.4 Å². The summed E-state index contributed by atoms with van der Waals surface area (Å²) in [5.41, 5.74) is 1.83. The van der Waals surface area contributed by atoms with E-state index >= 15 is 0 Å². The van der Waals surface area contributed by atoms with E-state index in [1.54, 1.807) is 16.7 Å². The summed E-state index contributed by atoms with van der Waals surface area (Å²) in [7, 11) is -3.04. The Balaban J connectivity index is 0.000000781. The van der Waals surface area contributed by atoms with Crippen LogP contribution in [0.5, 0.6) is 11.8 Å². The zero-order valence-corrected chi connectivity index (χ0v) is 22.6. The number of alkyl halides is 3. The quantitative estimate of drug-likeness (QED) is 0.163. The number of hydrogen-bond acceptors (Lipinski definition) is 13. The fourth-order valence-electron chi connectivity index (χ4n) is 4.33. The van der Waals surface area contributed by atoms with Gasteiger partial charge in [0.1, 0.15) is 24.4 Å². The van der Waals surface area contributed by atoms with Gasteiger partial charge in [-0.3, -0.25) is 4.57 Å². The van der Waals surface area contributed by atoms with E-state index in [-0.39, 0.29) is 25.0 Å². The molecular formula is C23H27F3N7O8P. The fourth-order valence-corrected chi connectivity index (χ4v) is 4.33. The Morgan fingerprint density at radius 2 is 1.83 bits per heavy atom. The molecule has 42 heavy (non-hydrogen) atoms. The van der Waals surface area contributed by atoms with E-state index in [0.717, 1.165) is 30.2 Å². The standard InChI is InChI=1S/C23H24F3N7O4.HO4P.H2/c24-23(25,26)37-19-4-2-18(3-5-19)30-7-9-31(10-8-30)20-6-1-16(12-28-20)11-27-17-13-32-14-21(33(34)35)29-22(32)36-15-17;1-4-5(2)3;/h1-6,12,14,17,27H,7-11,13,15H2;1H;1H/t17-;;/m0../s1. The number of nitrogens with one attached hydrogen (secondary N) is 1. The molecule has 1 unspecified atom stereocenters. The SMILES string of the molecule is O=[N+]([O-])c1cn2c(n1)OC[C@@H](NCc1ccc(N3CCN(c4ccc(OC(F)(F)F)cc4)CC3)nc1)C2.O=[P+]([O-])OO.[HH]. The smallest absolute Gasteiger partial charge is 0.565 e. The summed E-state index contributed by atoms with van der Waals surface area (Å²) in [5, 5.41) is 21.3. The summed E-state index contributed by atoms with van der Waals surface area (Å²) < 4.78 is 59.8. The number of piperazine rings is 1. The summed E-state index contributed by atoms with van der Waals surface area (Å²) in [5.74, 6) is 0.388. The second-order valence-corrected chi connectivity index (χ2v) is 9.64. The van der Waals surface area contributed by atoms with Crippen molar-refractivity contribution in [2.24, 2.45) is 0 Å². The molecule has 1 saturated heterocycles. The molecule has 0 bridgehead atoms. The maximum Gasteiger partial charge on any atom is 0.573 e. The van der Waals surface area contributed by atoms with Crippen molar-refractivity contribution in [3.63, 3.8) is 0 Å². The van der Waals surface area contributed by atoms with Crippen LogP contribution in [-0.2, 0) is 22.3 Å². The van der Waals surface area contributed by atoms with Gasteiger partial charge in [-0.15, -0.1) is 13.2 Å². The molecule has 2 aliphatic heterocycles. The maximum atomic E-state index is 12.4. The van der Waals surface area contributed by atoms with Crippen LogP contribution in [0.15, 0.2) is 48.8 Å². The molecule has 19 heteroatoms. The number of hydrogen-bond donors (Lipinski definition) is 2. The molecule has 3 aromatic rings. The van der Waals surface area contributed by atoms with Crippen LogP contribution >= 0.6 is 8.25 Å². The number of benzene rings is 1. The lowest BCUT2D eigenvalue weighted by Crippen LogP contribution is -2.46. The Morgan fingerprint density at radius 1 is 1.17 bits per heavy atom. The second kappa shape index (κ2) is 13.7. The summed E-state index contributed by atoms with van der Waals surface area (Å²) in [6.07, 6.45) is -1.52. The minimum atomic E-state index is -4.70. The van der Waals surface area contributed by atoms with Crippen molar-refractivity contribution in [2.75, 3.05) is 42.6 Å². The molecule has 5 rings (SSSR count). The topological polar surface area (TPSA) is 180 Å². The number of nitro groups is 1. The van der Waals surface area contributed by atoms with E-state index in [4.69, 9.17) is 19.5 Å². The lowest BCUT2D eigenvalue weighted by molar-refractivity contribution is -0.389. The second-order valence-electron chi connectivity index (χ2n) is 9.03. The van der Waals surface area contributed by atoms with Crippen LogP contribution in [-0.4, -0.2) is 69.9 Å². The molecule has 0 aliphatic carbocycles. The molecular weight excluding hydrogens is 590 g/mol. The zero-order chi connectivity index (χ0) is 30.3. The predicted molar refractivity (Wildman–Crippen MR) is 140 cm³/mol. The normalized spacial score (nSPS) is 17.0. The first-order chi connectivity index (χ1) is 20.0. The molecule has 4 heterocycles. The molecule has 2 aromatic heterocycles. The third-order valence-corrected chi connectivity index (χ3v) is 6.39.